The average Bonchev–Trinajstić information content (AvgIpc) is 3.03. The Hall–Kier alpha value is -1.64. The second-order valence-electron chi connectivity index (χ2n) is 6.07. The lowest BCUT2D eigenvalue weighted by Crippen LogP contribution is -2.29. The first-order chi connectivity index (χ1) is 11.2. The van der Waals surface area contributed by atoms with Gasteiger partial charge in [0.25, 0.3) is 0 Å². The summed E-state index contributed by atoms with van der Waals surface area (Å²) in [5.74, 6) is 1.57. The van der Waals surface area contributed by atoms with Crippen molar-refractivity contribution in [3.63, 3.8) is 0 Å². The van der Waals surface area contributed by atoms with Gasteiger partial charge in [0, 0.05) is 21.5 Å². The lowest BCUT2D eigenvalue weighted by Gasteiger charge is -2.38. The average molecular weight is 346 g/mol. The zero-order chi connectivity index (χ0) is 16.0. The van der Waals surface area contributed by atoms with E-state index in [-0.39, 0.29) is 6.04 Å². The summed E-state index contributed by atoms with van der Waals surface area (Å²) < 4.78 is 5.55. The van der Waals surface area contributed by atoms with E-state index in [1.165, 1.54) is 5.56 Å². The van der Waals surface area contributed by atoms with Gasteiger partial charge in [-0.3, -0.25) is 0 Å². The van der Waals surface area contributed by atoms with Crippen molar-refractivity contribution < 1.29 is 4.74 Å². The molecule has 2 aromatic carbocycles. The summed E-state index contributed by atoms with van der Waals surface area (Å²) in [6.45, 7) is 0. The number of halogens is 2. The maximum Gasteiger partial charge on any atom is 0.142 e. The standard InChI is InChI=1S/C19H17Cl2NO/c1-23-16-9-8-15(21)17-13-6-3-7-14(13)18(22-19(16)17)11-4-2-5-12(20)10-11/h2-6,8-10,13-14,18,22H,7H2,1H3. The summed E-state index contributed by atoms with van der Waals surface area (Å²) in [6, 6.07) is 12.1. The fraction of sp³-hybridized carbons (Fsp3) is 0.263. The van der Waals surface area contributed by atoms with Gasteiger partial charge in [0.2, 0.25) is 0 Å². The third-order valence-electron chi connectivity index (χ3n) is 4.86. The van der Waals surface area contributed by atoms with Gasteiger partial charge in [-0.2, -0.15) is 0 Å². The maximum atomic E-state index is 6.51. The van der Waals surface area contributed by atoms with Crippen LogP contribution in [-0.4, -0.2) is 7.11 Å². The Morgan fingerprint density at radius 1 is 1.17 bits per heavy atom. The van der Waals surface area contributed by atoms with Crippen molar-refractivity contribution >= 4 is 28.9 Å². The smallest absolute Gasteiger partial charge is 0.142 e. The van der Waals surface area contributed by atoms with Crippen molar-refractivity contribution in [1.82, 2.24) is 0 Å². The molecular weight excluding hydrogens is 329 g/mol. The number of ether oxygens (including phenoxy) is 1. The minimum absolute atomic E-state index is 0.188. The number of rotatable bonds is 2. The van der Waals surface area contributed by atoms with Crippen molar-refractivity contribution in [3.8, 4) is 5.75 Å². The third kappa shape index (κ3) is 2.41. The molecule has 4 rings (SSSR count). The van der Waals surface area contributed by atoms with Crippen LogP contribution in [0.1, 0.15) is 29.5 Å². The normalized spacial score (nSPS) is 24.7. The lowest BCUT2D eigenvalue weighted by molar-refractivity contribution is 0.397. The summed E-state index contributed by atoms with van der Waals surface area (Å²) in [4.78, 5) is 0. The van der Waals surface area contributed by atoms with E-state index in [4.69, 9.17) is 27.9 Å². The molecule has 0 amide bonds. The molecule has 23 heavy (non-hydrogen) atoms. The van der Waals surface area contributed by atoms with Gasteiger partial charge in [-0.15, -0.1) is 0 Å². The lowest BCUT2D eigenvalue weighted by atomic mass is 9.77. The largest absolute Gasteiger partial charge is 0.495 e. The SMILES string of the molecule is COc1ccc(Cl)c2c1NC(c1cccc(Cl)c1)C1CC=CC21. The van der Waals surface area contributed by atoms with E-state index in [0.717, 1.165) is 33.5 Å². The van der Waals surface area contributed by atoms with Crippen molar-refractivity contribution in [2.45, 2.75) is 18.4 Å². The topological polar surface area (TPSA) is 21.3 Å². The molecule has 0 radical (unpaired) electrons. The van der Waals surface area contributed by atoms with Gasteiger partial charge in [0.05, 0.1) is 18.8 Å². The van der Waals surface area contributed by atoms with E-state index < -0.39 is 0 Å². The molecule has 1 N–H and O–H groups in total. The van der Waals surface area contributed by atoms with Crippen molar-refractivity contribution in [3.05, 3.63) is 69.7 Å². The fourth-order valence-corrected chi connectivity index (χ4v) is 4.32. The third-order valence-corrected chi connectivity index (χ3v) is 5.42. The van der Waals surface area contributed by atoms with E-state index in [1.54, 1.807) is 7.11 Å². The van der Waals surface area contributed by atoms with Gasteiger partial charge in [-0.1, -0.05) is 47.5 Å². The van der Waals surface area contributed by atoms with E-state index >= 15 is 0 Å². The molecule has 0 fully saturated rings. The molecule has 0 spiro atoms. The Morgan fingerprint density at radius 2 is 2.04 bits per heavy atom. The number of nitrogens with one attached hydrogen (secondary N) is 1. The molecule has 2 aromatic rings. The molecule has 1 aliphatic carbocycles. The highest BCUT2D eigenvalue weighted by Crippen LogP contribution is 2.54. The van der Waals surface area contributed by atoms with Crippen LogP contribution in [0.25, 0.3) is 0 Å². The van der Waals surface area contributed by atoms with Crippen molar-refractivity contribution in [2.24, 2.45) is 5.92 Å². The zero-order valence-corrected chi connectivity index (χ0v) is 14.2. The highest BCUT2D eigenvalue weighted by Gasteiger charge is 2.40. The van der Waals surface area contributed by atoms with Gasteiger partial charge in [-0.05, 0) is 42.2 Å². The molecule has 2 nitrogen and oxygen atoms in total. The predicted octanol–water partition coefficient (Wildman–Crippen LogP) is 5.83. The second kappa shape index (κ2) is 5.77. The number of allylic oxidation sites excluding steroid dienone is 2. The van der Waals surface area contributed by atoms with Gasteiger partial charge in [0.15, 0.2) is 0 Å². The van der Waals surface area contributed by atoms with Crippen LogP contribution in [0.15, 0.2) is 48.6 Å². The quantitative estimate of drug-likeness (QED) is 0.691. The molecule has 118 valence electrons. The number of methoxy groups -OCH3 is 1. The van der Waals surface area contributed by atoms with Gasteiger partial charge in [0.1, 0.15) is 5.75 Å². The van der Waals surface area contributed by atoms with Crippen LogP contribution in [0.5, 0.6) is 5.75 Å². The molecule has 0 saturated carbocycles. The summed E-state index contributed by atoms with van der Waals surface area (Å²) >= 11 is 12.7. The minimum Gasteiger partial charge on any atom is -0.495 e. The van der Waals surface area contributed by atoms with Crippen LogP contribution < -0.4 is 10.1 Å². The molecule has 2 aliphatic rings. The minimum atomic E-state index is 0.188. The van der Waals surface area contributed by atoms with Crippen LogP contribution >= 0.6 is 23.2 Å². The number of hydrogen-bond acceptors (Lipinski definition) is 2. The Balaban J connectivity index is 1.86. The first kappa shape index (κ1) is 14.9. The Kier molecular flexibility index (Phi) is 3.74. The van der Waals surface area contributed by atoms with E-state index in [0.29, 0.717) is 11.8 Å². The monoisotopic (exact) mass is 345 g/mol. The Bertz CT molecular complexity index is 787. The number of hydrogen-bond donors (Lipinski definition) is 1. The first-order valence-electron chi connectivity index (χ1n) is 7.74. The van der Waals surface area contributed by atoms with E-state index in [1.807, 2.05) is 30.3 Å². The molecule has 3 atom stereocenters. The first-order valence-corrected chi connectivity index (χ1v) is 8.49. The summed E-state index contributed by atoms with van der Waals surface area (Å²) in [5.41, 5.74) is 3.34. The van der Waals surface area contributed by atoms with Gasteiger partial charge in [-0.25, -0.2) is 0 Å². The highest BCUT2D eigenvalue weighted by molar-refractivity contribution is 6.32. The Labute approximate surface area is 146 Å². The van der Waals surface area contributed by atoms with Crippen molar-refractivity contribution in [2.75, 3.05) is 12.4 Å². The second-order valence-corrected chi connectivity index (χ2v) is 6.91. The number of benzene rings is 2. The summed E-state index contributed by atoms with van der Waals surface area (Å²) in [6.07, 6.45) is 5.55. The van der Waals surface area contributed by atoms with Crippen molar-refractivity contribution in [1.29, 1.82) is 0 Å². The molecule has 0 aromatic heterocycles. The number of anilines is 1. The molecule has 0 saturated heterocycles. The molecule has 0 bridgehead atoms. The highest BCUT2D eigenvalue weighted by atomic mass is 35.5. The predicted molar refractivity (Wildman–Crippen MR) is 95.8 cm³/mol. The maximum absolute atomic E-state index is 6.51. The fourth-order valence-electron chi connectivity index (χ4n) is 3.84. The van der Waals surface area contributed by atoms with Crippen LogP contribution in [0.4, 0.5) is 5.69 Å². The van der Waals surface area contributed by atoms with Crippen LogP contribution in [0.2, 0.25) is 10.0 Å². The van der Waals surface area contributed by atoms with Gasteiger partial charge < -0.3 is 10.1 Å². The van der Waals surface area contributed by atoms with E-state index in [9.17, 15) is 0 Å². The molecule has 3 unspecified atom stereocenters. The molecule has 1 aliphatic heterocycles. The number of fused-ring (bicyclic) bond motifs is 3. The summed E-state index contributed by atoms with van der Waals surface area (Å²) in [7, 11) is 1.69. The van der Waals surface area contributed by atoms with E-state index in [2.05, 4.69) is 23.5 Å². The van der Waals surface area contributed by atoms with Crippen LogP contribution in [-0.2, 0) is 0 Å². The molecular formula is C19H17Cl2NO. The van der Waals surface area contributed by atoms with Gasteiger partial charge >= 0.3 is 0 Å². The molecule has 4 heteroatoms. The summed E-state index contributed by atoms with van der Waals surface area (Å²) in [5, 5.41) is 5.22. The Morgan fingerprint density at radius 3 is 2.83 bits per heavy atom. The van der Waals surface area contributed by atoms with Crippen LogP contribution in [0.3, 0.4) is 0 Å². The zero-order valence-electron chi connectivity index (χ0n) is 12.7. The van der Waals surface area contributed by atoms with Crippen LogP contribution in [0, 0.1) is 5.92 Å². The molecule has 1 heterocycles.